The molecule has 1 aromatic carbocycles. The molecule has 0 spiro atoms. The molecular weight excluding hydrogens is 335 g/mol. The second-order valence-corrected chi connectivity index (χ2v) is 6.96. The van der Waals surface area contributed by atoms with Gasteiger partial charge in [-0.05, 0) is 60.1 Å². The van der Waals surface area contributed by atoms with Crippen molar-refractivity contribution in [2.45, 2.75) is 39.3 Å². The zero-order valence-corrected chi connectivity index (χ0v) is 13.6. The molecule has 0 aliphatic carbocycles. The van der Waals surface area contributed by atoms with E-state index in [4.69, 9.17) is 0 Å². The van der Waals surface area contributed by atoms with Crippen LogP contribution in [0.3, 0.4) is 0 Å². The molecule has 1 saturated heterocycles. The second kappa shape index (κ2) is 6.24. The fourth-order valence-corrected chi connectivity index (χ4v) is 3.20. The minimum atomic E-state index is 0.576. The Morgan fingerprint density at radius 1 is 1.44 bits per heavy atom. The highest BCUT2D eigenvalue weighted by molar-refractivity contribution is 14.1. The van der Waals surface area contributed by atoms with E-state index in [1.807, 2.05) is 0 Å². The molecule has 0 radical (unpaired) electrons. The van der Waals surface area contributed by atoms with Crippen molar-refractivity contribution in [3.8, 4) is 0 Å². The van der Waals surface area contributed by atoms with Gasteiger partial charge in [-0.1, -0.05) is 19.9 Å². The Bertz CT molecular complexity index is 392. The van der Waals surface area contributed by atoms with E-state index < -0.39 is 0 Å². The number of benzene rings is 1. The molecule has 2 nitrogen and oxygen atoms in total. The summed E-state index contributed by atoms with van der Waals surface area (Å²) in [6, 6.07) is 10.0. The van der Waals surface area contributed by atoms with Crippen molar-refractivity contribution in [2.75, 3.05) is 18.0 Å². The highest BCUT2D eigenvalue weighted by Crippen LogP contribution is 2.23. The lowest BCUT2D eigenvalue weighted by atomic mass is 9.99. The molecule has 18 heavy (non-hydrogen) atoms. The highest BCUT2D eigenvalue weighted by Gasteiger charge is 2.25. The number of halogens is 1. The molecule has 0 amide bonds. The first-order chi connectivity index (χ1) is 8.56. The van der Waals surface area contributed by atoms with E-state index in [2.05, 4.69) is 77.8 Å². The molecule has 2 rings (SSSR count). The van der Waals surface area contributed by atoms with Crippen LogP contribution < -0.4 is 10.2 Å². The summed E-state index contributed by atoms with van der Waals surface area (Å²) in [6.07, 6.45) is 1.26. The summed E-state index contributed by atoms with van der Waals surface area (Å²) >= 11 is 2.39. The molecule has 1 fully saturated rings. The summed E-state index contributed by atoms with van der Waals surface area (Å²) < 4.78 is 1.32. The van der Waals surface area contributed by atoms with Crippen molar-refractivity contribution in [2.24, 2.45) is 5.92 Å². The Hall–Kier alpha value is -0.290. The van der Waals surface area contributed by atoms with Crippen LogP contribution >= 0.6 is 22.6 Å². The van der Waals surface area contributed by atoms with Crippen LogP contribution in [-0.2, 0) is 0 Å². The zero-order valence-electron chi connectivity index (χ0n) is 11.5. The molecule has 1 aromatic rings. The minimum Gasteiger partial charge on any atom is -0.366 e. The Morgan fingerprint density at radius 3 is 2.89 bits per heavy atom. The highest BCUT2D eigenvalue weighted by atomic mass is 127. The second-order valence-electron chi connectivity index (χ2n) is 5.72. The smallest absolute Gasteiger partial charge is 0.0387 e. The molecule has 0 saturated carbocycles. The first-order valence-electron chi connectivity index (χ1n) is 6.82. The Morgan fingerprint density at radius 2 is 2.22 bits per heavy atom. The Labute approximate surface area is 124 Å². The van der Waals surface area contributed by atoms with Gasteiger partial charge < -0.3 is 10.2 Å². The van der Waals surface area contributed by atoms with Crippen LogP contribution in [0.25, 0.3) is 0 Å². The fourth-order valence-electron chi connectivity index (χ4n) is 2.67. The summed E-state index contributed by atoms with van der Waals surface area (Å²) in [5.41, 5.74) is 1.37. The maximum Gasteiger partial charge on any atom is 0.0387 e. The van der Waals surface area contributed by atoms with Crippen LogP contribution in [0.4, 0.5) is 5.69 Å². The molecule has 1 heterocycles. The average molecular weight is 358 g/mol. The first kappa shape index (κ1) is 14.1. The summed E-state index contributed by atoms with van der Waals surface area (Å²) in [5.74, 6) is 0.758. The number of hydrogen-bond donors (Lipinski definition) is 1. The van der Waals surface area contributed by atoms with Gasteiger partial charge in [-0.25, -0.2) is 0 Å². The van der Waals surface area contributed by atoms with Gasteiger partial charge in [0.25, 0.3) is 0 Å². The lowest BCUT2D eigenvalue weighted by Crippen LogP contribution is -2.56. The van der Waals surface area contributed by atoms with Gasteiger partial charge in [0, 0.05) is 34.4 Å². The summed E-state index contributed by atoms with van der Waals surface area (Å²) in [5, 5.41) is 3.67. The van der Waals surface area contributed by atoms with E-state index in [-0.39, 0.29) is 0 Å². The fraction of sp³-hybridized carbons (Fsp3) is 0.600. The molecule has 1 aliphatic rings. The third-order valence-electron chi connectivity index (χ3n) is 3.55. The van der Waals surface area contributed by atoms with E-state index in [0.29, 0.717) is 12.1 Å². The maximum atomic E-state index is 3.67. The van der Waals surface area contributed by atoms with Crippen molar-refractivity contribution >= 4 is 28.3 Å². The molecule has 0 aromatic heterocycles. The van der Waals surface area contributed by atoms with Crippen molar-refractivity contribution in [3.05, 3.63) is 27.8 Å². The number of piperazine rings is 1. The quantitative estimate of drug-likeness (QED) is 0.832. The molecule has 2 unspecified atom stereocenters. The molecular formula is C15H23IN2. The van der Waals surface area contributed by atoms with Gasteiger partial charge in [0.05, 0.1) is 0 Å². The third-order valence-corrected chi connectivity index (χ3v) is 4.22. The predicted molar refractivity (Wildman–Crippen MR) is 87.2 cm³/mol. The normalized spacial score (nSPS) is 24.6. The molecule has 1 N–H and O–H groups in total. The molecule has 100 valence electrons. The standard InChI is InChI=1S/C15H23IN2/c1-11(2)7-14-10-18(12(3)9-17-14)15-6-4-5-13(16)8-15/h4-6,8,11-12,14,17H,7,9-10H2,1-3H3. The predicted octanol–water partition coefficient (Wildman–Crippen LogP) is 3.50. The lowest BCUT2D eigenvalue weighted by Gasteiger charge is -2.41. The largest absolute Gasteiger partial charge is 0.366 e. The van der Waals surface area contributed by atoms with Gasteiger partial charge in [-0.3, -0.25) is 0 Å². The topological polar surface area (TPSA) is 15.3 Å². The van der Waals surface area contributed by atoms with Crippen LogP contribution in [0, 0.1) is 9.49 Å². The summed E-state index contributed by atoms with van der Waals surface area (Å²) in [7, 11) is 0. The number of anilines is 1. The van der Waals surface area contributed by atoms with Crippen molar-refractivity contribution in [1.82, 2.24) is 5.32 Å². The Balaban J connectivity index is 2.10. The molecule has 3 heteroatoms. The van der Waals surface area contributed by atoms with E-state index in [1.165, 1.54) is 15.7 Å². The number of hydrogen-bond acceptors (Lipinski definition) is 2. The van der Waals surface area contributed by atoms with Crippen LogP contribution in [0.5, 0.6) is 0 Å². The van der Waals surface area contributed by atoms with E-state index in [1.54, 1.807) is 0 Å². The van der Waals surface area contributed by atoms with Crippen LogP contribution in [0.1, 0.15) is 27.2 Å². The molecule has 1 aliphatic heterocycles. The van der Waals surface area contributed by atoms with Gasteiger partial charge in [0.2, 0.25) is 0 Å². The van der Waals surface area contributed by atoms with E-state index in [0.717, 1.165) is 19.0 Å². The zero-order chi connectivity index (χ0) is 13.1. The third kappa shape index (κ3) is 3.60. The van der Waals surface area contributed by atoms with Crippen molar-refractivity contribution in [1.29, 1.82) is 0 Å². The van der Waals surface area contributed by atoms with E-state index >= 15 is 0 Å². The lowest BCUT2D eigenvalue weighted by molar-refractivity contribution is 0.356. The maximum absolute atomic E-state index is 3.67. The van der Waals surface area contributed by atoms with Gasteiger partial charge in [0.15, 0.2) is 0 Å². The van der Waals surface area contributed by atoms with Crippen LogP contribution in [0.2, 0.25) is 0 Å². The first-order valence-corrected chi connectivity index (χ1v) is 7.89. The molecule has 0 bridgehead atoms. The van der Waals surface area contributed by atoms with Gasteiger partial charge in [-0.2, -0.15) is 0 Å². The van der Waals surface area contributed by atoms with Crippen molar-refractivity contribution < 1.29 is 0 Å². The van der Waals surface area contributed by atoms with Crippen LogP contribution in [-0.4, -0.2) is 25.2 Å². The van der Waals surface area contributed by atoms with Gasteiger partial charge in [-0.15, -0.1) is 0 Å². The summed E-state index contributed by atoms with van der Waals surface area (Å²) in [4.78, 5) is 2.55. The number of nitrogens with one attached hydrogen (secondary N) is 1. The summed E-state index contributed by atoms with van der Waals surface area (Å²) in [6.45, 7) is 9.12. The number of nitrogens with zero attached hydrogens (tertiary/aromatic N) is 1. The molecule has 2 atom stereocenters. The monoisotopic (exact) mass is 358 g/mol. The average Bonchev–Trinajstić information content (AvgIpc) is 2.31. The Kier molecular flexibility index (Phi) is 4.90. The van der Waals surface area contributed by atoms with E-state index in [9.17, 15) is 0 Å². The SMILES string of the molecule is CC(C)CC1CN(c2cccc(I)c2)C(C)CN1. The van der Waals surface area contributed by atoms with Gasteiger partial charge >= 0.3 is 0 Å². The minimum absolute atomic E-state index is 0.576. The van der Waals surface area contributed by atoms with Gasteiger partial charge in [0.1, 0.15) is 0 Å². The number of rotatable bonds is 3. The van der Waals surface area contributed by atoms with Crippen LogP contribution in [0.15, 0.2) is 24.3 Å². The van der Waals surface area contributed by atoms with Crippen molar-refractivity contribution in [3.63, 3.8) is 0 Å².